The minimum atomic E-state index is -1.22. The highest BCUT2D eigenvalue weighted by Gasteiger charge is 2.49. The second-order valence-electron chi connectivity index (χ2n) is 10.3. The third-order valence-corrected chi connectivity index (χ3v) is 7.93. The Morgan fingerprint density at radius 1 is 0.971 bits per heavy atom. The Hall–Kier alpha value is -3.35. The van der Waals surface area contributed by atoms with Crippen LogP contribution in [0.1, 0.15) is 62.5 Å². The first-order valence-corrected chi connectivity index (χ1v) is 12.5. The van der Waals surface area contributed by atoms with Gasteiger partial charge in [-0.05, 0) is 67.2 Å². The largest absolute Gasteiger partial charge is 0.480 e. The number of benzene rings is 2. The molecule has 0 aliphatic heterocycles. The lowest BCUT2D eigenvalue weighted by atomic mass is 9.84. The SMILES string of the molecule is CC(NC(=O)[C@@H]1CCC[C@H](NC(=O)OCC2c3ccccc3-c3ccccc32)C1)(C(=O)O)C1CC1. The average molecular weight is 477 g/mol. The van der Waals surface area contributed by atoms with Crippen LogP contribution in [0.3, 0.4) is 0 Å². The van der Waals surface area contributed by atoms with Gasteiger partial charge < -0.3 is 20.5 Å². The van der Waals surface area contributed by atoms with Crippen molar-refractivity contribution >= 4 is 18.0 Å². The number of alkyl carbamates (subject to hydrolysis) is 1. The molecule has 2 aromatic rings. The Bertz CT molecular complexity index is 1100. The minimum Gasteiger partial charge on any atom is -0.480 e. The molecule has 0 aromatic heterocycles. The highest BCUT2D eigenvalue weighted by atomic mass is 16.5. The highest BCUT2D eigenvalue weighted by molar-refractivity contribution is 5.88. The molecule has 2 fully saturated rings. The normalized spacial score (nSPS) is 22.9. The summed E-state index contributed by atoms with van der Waals surface area (Å²) in [6, 6.07) is 16.2. The summed E-state index contributed by atoms with van der Waals surface area (Å²) in [5.41, 5.74) is 3.46. The van der Waals surface area contributed by atoms with Crippen LogP contribution in [0.15, 0.2) is 48.5 Å². The first-order chi connectivity index (χ1) is 16.9. The lowest BCUT2D eigenvalue weighted by Crippen LogP contribution is -2.56. The number of hydrogen-bond acceptors (Lipinski definition) is 4. The molecule has 35 heavy (non-hydrogen) atoms. The van der Waals surface area contributed by atoms with E-state index >= 15 is 0 Å². The van der Waals surface area contributed by atoms with Crippen molar-refractivity contribution in [1.82, 2.24) is 10.6 Å². The molecule has 2 amide bonds. The molecule has 3 aliphatic rings. The van der Waals surface area contributed by atoms with Gasteiger partial charge in [-0.2, -0.15) is 0 Å². The zero-order valence-electron chi connectivity index (χ0n) is 20.0. The van der Waals surface area contributed by atoms with Crippen LogP contribution in [0.4, 0.5) is 4.79 Å². The first-order valence-electron chi connectivity index (χ1n) is 12.5. The van der Waals surface area contributed by atoms with E-state index in [2.05, 4.69) is 34.9 Å². The molecular formula is C28H32N2O5. The Morgan fingerprint density at radius 3 is 2.20 bits per heavy atom. The van der Waals surface area contributed by atoms with Gasteiger partial charge in [-0.3, -0.25) is 4.79 Å². The number of fused-ring (bicyclic) bond motifs is 3. The summed E-state index contributed by atoms with van der Waals surface area (Å²) >= 11 is 0. The lowest BCUT2D eigenvalue weighted by Gasteiger charge is -2.32. The van der Waals surface area contributed by atoms with Gasteiger partial charge in [-0.1, -0.05) is 55.0 Å². The Labute approximate surface area is 205 Å². The molecule has 7 nitrogen and oxygen atoms in total. The van der Waals surface area contributed by atoms with Crippen LogP contribution in [-0.4, -0.2) is 41.3 Å². The van der Waals surface area contributed by atoms with Gasteiger partial charge in [0.25, 0.3) is 0 Å². The van der Waals surface area contributed by atoms with Crippen LogP contribution < -0.4 is 10.6 Å². The predicted octanol–water partition coefficient (Wildman–Crippen LogP) is 4.45. The van der Waals surface area contributed by atoms with E-state index in [1.165, 1.54) is 11.1 Å². The summed E-state index contributed by atoms with van der Waals surface area (Å²) in [7, 11) is 0. The fourth-order valence-corrected chi connectivity index (χ4v) is 5.71. The predicted molar refractivity (Wildman–Crippen MR) is 131 cm³/mol. The number of amides is 2. The number of carboxylic acids is 1. The van der Waals surface area contributed by atoms with E-state index in [1.54, 1.807) is 6.92 Å². The Balaban J connectivity index is 1.17. The van der Waals surface area contributed by atoms with Crippen molar-refractivity contribution in [2.24, 2.45) is 11.8 Å². The monoisotopic (exact) mass is 476 g/mol. The van der Waals surface area contributed by atoms with Crippen LogP contribution in [0.25, 0.3) is 11.1 Å². The van der Waals surface area contributed by atoms with Gasteiger partial charge >= 0.3 is 12.1 Å². The van der Waals surface area contributed by atoms with E-state index in [9.17, 15) is 19.5 Å². The molecule has 3 N–H and O–H groups in total. The number of carbonyl (C=O) groups is 3. The summed E-state index contributed by atoms with van der Waals surface area (Å²) in [5, 5.41) is 15.4. The number of aliphatic carboxylic acids is 1. The fraction of sp³-hybridized carbons (Fsp3) is 0.464. The van der Waals surface area contributed by atoms with Crippen LogP contribution in [0, 0.1) is 11.8 Å². The van der Waals surface area contributed by atoms with Crippen molar-refractivity contribution < 1.29 is 24.2 Å². The van der Waals surface area contributed by atoms with E-state index in [4.69, 9.17) is 4.74 Å². The molecule has 0 spiro atoms. The molecule has 3 atom stereocenters. The maximum absolute atomic E-state index is 12.9. The summed E-state index contributed by atoms with van der Waals surface area (Å²) in [4.78, 5) is 37.3. The van der Waals surface area contributed by atoms with Crippen molar-refractivity contribution in [2.45, 2.75) is 62.9 Å². The number of hydrogen-bond donors (Lipinski definition) is 3. The average Bonchev–Trinajstić information content (AvgIpc) is 3.66. The molecule has 5 rings (SSSR count). The fourth-order valence-electron chi connectivity index (χ4n) is 5.71. The lowest BCUT2D eigenvalue weighted by molar-refractivity contribution is -0.148. The van der Waals surface area contributed by atoms with Gasteiger partial charge in [-0.15, -0.1) is 0 Å². The van der Waals surface area contributed by atoms with E-state index in [-0.39, 0.29) is 36.3 Å². The van der Waals surface area contributed by atoms with Crippen molar-refractivity contribution in [3.63, 3.8) is 0 Å². The van der Waals surface area contributed by atoms with Crippen molar-refractivity contribution in [3.8, 4) is 11.1 Å². The number of nitrogens with one attached hydrogen (secondary N) is 2. The van der Waals surface area contributed by atoms with Crippen LogP contribution in [0.2, 0.25) is 0 Å². The molecule has 0 heterocycles. The van der Waals surface area contributed by atoms with Gasteiger partial charge in [0.15, 0.2) is 0 Å². The third kappa shape index (κ3) is 4.64. The van der Waals surface area contributed by atoms with Gasteiger partial charge in [-0.25, -0.2) is 9.59 Å². The summed E-state index contributed by atoms with van der Waals surface area (Å²) in [6.45, 7) is 1.84. The van der Waals surface area contributed by atoms with Crippen molar-refractivity contribution in [2.75, 3.05) is 6.61 Å². The molecule has 2 aromatic carbocycles. The number of ether oxygens (including phenoxy) is 1. The van der Waals surface area contributed by atoms with Gasteiger partial charge in [0.2, 0.25) is 5.91 Å². The maximum Gasteiger partial charge on any atom is 0.407 e. The highest BCUT2D eigenvalue weighted by Crippen LogP contribution is 2.44. The van der Waals surface area contributed by atoms with Crippen molar-refractivity contribution in [3.05, 3.63) is 59.7 Å². The molecular weight excluding hydrogens is 444 g/mol. The Kier molecular flexibility index (Phi) is 6.26. The van der Waals surface area contributed by atoms with Crippen LogP contribution >= 0.6 is 0 Å². The van der Waals surface area contributed by atoms with Gasteiger partial charge in [0, 0.05) is 17.9 Å². The summed E-state index contributed by atoms with van der Waals surface area (Å²) in [5.74, 6) is -1.56. The van der Waals surface area contributed by atoms with Crippen LogP contribution in [0.5, 0.6) is 0 Å². The first kappa shape index (κ1) is 23.4. The third-order valence-electron chi connectivity index (χ3n) is 7.93. The molecule has 7 heteroatoms. The quantitative estimate of drug-likeness (QED) is 0.548. The molecule has 184 valence electrons. The summed E-state index contributed by atoms with van der Waals surface area (Å²) in [6.07, 6.45) is 3.89. The molecule has 1 unspecified atom stereocenters. The smallest absolute Gasteiger partial charge is 0.407 e. The maximum atomic E-state index is 12.9. The Morgan fingerprint density at radius 2 is 1.60 bits per heavy atom. The van der Waals surface area contributed by atoms with Gasteiger partial charge in [0.05, 0.1) is 0 Å². The summed E-state index contributed by atoms with van der Waals surface area (Å²) < 4.78 is 5.66. The van der Waals surface area contributed by atoms with E-state index in [1.807, 2.05) is 24.3 Å². The molecule has 0 bridgehead atoms. The molecule has 0 saturated heterocycles. The van der Waals surface area contributed by atoms with Gasteiger partial charge in [0.1, 0.15) is 12.1 Å². The standard InChI is InChI=1S/C28H32N2O5/c1-28(26(32)33,18-13-14-18)30-25(31)17-7-6-8-19(15-17)29-27(34)35-16-24-22-11-4-2-9-20(22)21-10-3-5-12-23(21)24/h2-5,9-12,17-19,24H,6-8,13-16H2,1H3,(H,29,34)(H,30,31)(H,32,33)/t17-,19+,28?/m1/s1. The number of carbonyl (C=O) groups excluding carboxylic acids is 2. The van der Waals surface area contributed by atoms with E-state index in [0.29, 0.717) is 12.8 Å². The number of rotatable bonds is 7. The number of carboxylic acid groups (broad SMARTS) is 1. The van der Waals surface area contributed by atoms with Crippen molar-refractivity contribution in [1.29, 1.82) is 0 Å². The second kappa shape index (κ2) is 9.36. The van der Waals surface area contributed by atoms with Crippen LogP contribution in [-0.2, 0) is 14.3 Å². The zero-order valence-corrected chi connectivity index (χ0v) is 20.0. The second-order valence-corrected chi connectivity index (χ2v) is 10.3. The van der Waals surface area contributed by atoms with E-state index in [0.717, 1.165) is 36.8 Å². The van der Waals surface area contributed by atoms with E-state index < -0.39 is 17.6 Å². The minimum absolute atomic E-state index is 0.00541. The topological polar surface area (TPSA) is 105 Å². The zero-order chi connectivity index (χ0) is 24.6. The molecule has 2 saturated carbocycles. The molecule has 0 radical (unpaired) electrons. The molecule has 3 aliphatic carbocycles.